The van der Waals surface area contributed by atoms with E-state index < -0.39 is 5.41 Å². The van der Waals surface area contributed by atoms with E-state index in [0.29, 0.717) is 11.4 Å². The monoisotopic (exact) mass is 805 g/mol. The smallest absolute Gasteiger partial charge is 0.161 e. The van der Waals surface area contributed by atoms with Gasteiger partial charge in [-0.05, 0) is 90.7 Å². The van der Waals surface area contributed by atoms with Gasteiger partial charge >= 0.3 is 0 Å². The van der Waals surface area contributed by atoms with Crippen LogP contribution < -0.4 is 0 Å². The van der Waals surface area contributed by atoms with Crippen molar-refractivity contribution < 1.29 is 0 Å². The zero-order valence-electron chi connectivity index (χ0n) is 33.5. The maximum atomic E-state index is 9.49. The number of benzene rings is 9. The van der Waals surface area contributed by atoms with Gasteiger partial charge in [0, 0.05) is 26.5 Å². The molecule has 1 unspecified atom stereocenters. The molecule has 62 heavy (non-hydrogen) atoms. The summed E-state index contributed by atoms with van der Waals surface area (Å²) < 4.78 is 0. The Morgan fingerprint density at radius 3 is 1.66 bits per heavy atom. The maximum absolute atomic E-state index is 9.49. The predicted molar refractivity (Wildman–Crippen MR) is 253 cm³/mol. The molecule has 0 saturated heterocycles. The second-order valence-electron chi connectivity index (χ2n) is 15.9. The minimum Gasteiger partial charge on any atom is -0.228 e. The zero-order chi connectivity index (χ0) is 41.2. The molecule has 1 atom stereocenters. The fraction of sp³-hybridized carbons (Fsp3) is 0.0172. The number of hydrogen-bond acceptors (Lipinski definition) is 4. The third-order valence-electron chi connectivity index (χ3n) is 12.6. The van der Waals surface area contributed by atoms with Gasteiger partial charge in [-0.15, -0.1) is 0 Å². The van der Waals surface area contributed by atoms with Gasteiger partial charge in [0.1, 0.15) is 0 Å². The molecule has 9 aromatic carbocycles. The lowest BCUT2D eigenvalue weighted by Gasteiger charge is -2.40. The van der Waals surface area contributed by atoms with Crippen molar-refractivity contribution in [2.24, 2.45) is 0 Å². The van der Waals surface area contributed by atoms with Crippen LogP contribution in [0, 0.1) is 11.3 Å². The number of aromatic nitrogens is 2. The van der Waals surface area contributed by atoms with Gasteiger partial charge in [-0.2, -0.15) is 5.26 Å². The molecule has 10 aromatic rings. The van der Waals surface area contributed by atoms with Crippen molar-refractivity contribution >= 4 is 22.5 Å². The number of nitrogens with zero attached hydrogens (tertiary/aromatic N) is 3. The lowest BCUT2D eigenvalue weighted by atomic mass is 9.67. The molecule has 3 nitrogen and oxygen atoms in total. The van der Waals surface area contributed by atoms with Crippen molar-refractivity contribution in [2.45, 2.75) is 15.2 Å². The summed E-state index contributed by atoms with van der Waals surface area (Å²) in [6, 6.07) is 78.0. The zero-order valence-corrected chi connectivity index (χ0v) is 34.3. The highest BCUT2D eigenvalue weighted by molar-refractivity contribution is 7.99. The molecular formula is C58H35N3S. The summed E-state index contributed by atoms with van der Waals surface area (Å²) in [4.78, 5) is 13.1. The average Bonchev–Trinajstić information content (AvgIpc) is 3.65. The van der Waals surface area contributed by atoms with Crippen molar-refractivity contribution in [3.8, 4) is 73.4 Å². The van der Waals surface area contributed by atoms with Crippen molar-refractivity contribution in [3.05, 3.63) is 240 Å². The molecule has 1 spiro atoms. The molecule has 0 fully saturated rings. The Balaban J connectivity index is 1.11. The highest BCUT2D eigenvalue weighted by atomic mass is 32.2. The topological polar surface area (TPSA) is 49.6 Å². The van der Waals surface area contributed by atoms with Crippen LogP contribution in [0.1, 0.15) is 27.8 Å². The summed E-state index contributed by atoms with van der Waals surface area (Å²) in [6.07, 6.45) is 0. The van der Waals surface area contributed by atoms with Crippen LogP contribution in [-0.2, 0) is 5.41 Å². The number of nitriles is 1. The molecule has 1 aliphatic heterocycles. The molecule has 288 valence electrons. The lowest BCUT2D eigenvalue weighted by Crippen LogP contribution is -2.32. The van der Waals surface area contributed by atoms with E-state index in [1.54, 1.807) is 0 Å². The Labute approximate surface area is 364 Å². The van der Waals surface area contributed by atoms with Gasteiger partial charge in [-0.1, -0.05) is 200 Å². The summed E-state index contributed by atoms with van der Waals surface area (Å²) in [6.45, 7) is 0. The lowest BCUT2D eigenvalue weighted by molar-refractivity contribution is 0.723. The average molecular weight is 806 g/mol. The van der Waals surface area contributed by atoms with E-state index in [4.69, 9.17) is 9.97 Å². The third-order valence-corrected chi connectivity index (χ3v) is 13.9. The molecule has 1 aliphatic carbocycles. The Morgan fingerprint density at radius 2 is 0.952 bits per heavy atom. The van der Waals surface area contributed by atoms with Gasteiger partial charge in [0.15, 0.2) is 5.82 Å². The largest absolute Gasteiger partial charge is 0.228 e. The predicted octanol–water partition coefficient (Wildman–Crippen LogP) is 14.7. The molecule has 12 rings (SSSR count). The molecular weight excluding hydrogens is 771 g/mol. The van der Waals surface area contributed by atoms with E-state index in [2.05, 4.69) is 194 Å². The van der Waals surface area contributed by atoms with Gasteiger partial charge < -0.3 is 0 Å². The second kappa shape index (κ2) is 14.4. The number of rotatable bonds is 5. The van der Waals surface area contributed by atoms with Gasteiger partial charge in [0.25, 0.3) is 0 Å². The second-order valence-corrected chi connectivity index (χ2v) is 16.9. The van der Waals surface area contributed by atoms with Crippen molar-refractivity contribution in [1.29, 1.82) is 5.26 Å². The summed E-state index contributed by atoms with van der Waals surface area (Å²) in [5.41, 5.74) is 17.1. The molecule has 2 heterocycles. The Kier molecular flexibility index (Phi) is 8.38. The Morgan fingerprint density at radius 1 is 0.403 bits per heavy atom. The Bertz CT molecular complexity index is 3390. The van der Waals surface area contributed by atoms with Gasteiger partial charge in [-0.25, -0.2) is 9.97 Å². The van der Waals surface area contributed by atoms with Crippen LogP contribution in [0.3, 0.4) is 0 Å². The normalized spacial score (nSPS) is 14.4. The van der Waals surface area contributed by atoms with Crippen LogP contribution in [0.2, 0.25) is 0 Å². The highest BCUT2D eigenvalue weighted by Crippen LogP contribution is 2.64. The quantitative estimate of drug-likeness (QED) is 0.174. The summed E-state index contributed by atoms with van der Waals surface area (Å²) in [7, 11) is 0. The molecule has 0 saturated carbocycles. The van der Waals surface area contributed by atoms with Crippen molar-refractivity contribution in [3.63, 3.8) is 0 Å². The SMILES string of the molecule is N#Cc1ccc(-c2ccc(-c3cccc4c3-c3ccccc3C43c4ccccc4Sc4c(-c5nc(-c6ccccc6)cc(-c6ccccc6)n5)cccc43)c3ccccc23)cc1. The van der Waals surface area contributed by atoms with E-state index in [0.717, 1.165) is 39.2 Å². The molecule has 2 aliphatic rings. The van der Waals surface area contributed by atoms with Crippen LogP contribution in [-0.4, -0.2) is 9.97 Å². The molecule has 1 aromatic heterocycles. The van der Waals surface area contributed by atoms with Gasteiger partial charge in [0.05, 0.1) is 28.4 Å². The van der Waals surface area contributed by atoms with E-state index >= 15 is 0 Å². The van der Waals surface area contributed by atoms with Crippen LogP contribution in [0.25, 0.3) is 78.1 Å². The molecule has 0 bridgehead atoms. The van der Waals surface area contributed by atoms with Gasteiger partial charge in [0.2, 0.25) is 0 Å². The third kappa shape index (κ3) is 5.46. The van der Waals surface area contributed by atoms with Crippen LogP contribution in [0.15, 0.2) is 222 Å². The molecule has 0 amide bonds. The van der Waals surface area contributed by atoms with Gasteiger partial charge in [-0.3, -0.25) is 0 Å². The summed E-state index contributed by atoms with van der Waals surface area (Å²) >= 11 is 1.82. The van der Waals surface area contributed by atoms with Crippen LogP contribution >= 0.6 is 11.8 Å². The maximum Gasteiger partial charge on any atom is 0.161 e. The van der Waals surface area contributed by atoms with E-state index in [9.17, 15) is 5.26 Å². The first-order valence-corrected chi connectivity index (χ1v) is 21.7. The minimum atomic E-state index is -0.605. The fourth-order valence-electron chi connectivity index (χ4n) is 9.96. The van der Waals surface area contributed by atoms with Crippen LogP contribution in [0.5, 0.6) is 0 Å². The first-order chi connectivity index (χ1) is 30.7. The van der Waals surface area contributed by atoms with Crippen LogP contribution in [0.4, 0.5) is 0 Å². The molecule has 0 N–H and O–H groups in total. The van der Waals surface area contributed by atoms with E-state index in [1.807, 2.05) is 36.0 Å². The first kappa shape index (κ1) is 36.0. The number of hydrogen-bond donors (Lipinski definition) is 0. The fourth-order valence-corrected chi connectivity index (χ4v) is 11.3. The minimum absolute atomic E-state index is 0.605. The van der Waals surface area contributed by atoms with Crippen molar-refractivity contribution in [1.82, 2.24) is 9.97 Å². The summed E-state index contributed by atoms with van der Waals surface area (Å²) in [5.74, 6) is 0.707. The van der Waals surface area contributed by atoms with Crippen molar-refractivity contribution in [2.75, 3.05) is 0 Å². The number of fused-ring (bicyclic) bond motifs is 10. The Hall–Kier alpha value is -7.84. The van der Waals surface area contributed by atoms with E-state index in [1.165, 1.54) is 65.1 Å². The standard InChI is InChI=1S/C58H35N3S/c59-36-37-29-31-38(32-30-37)41-33-34-44(43-20-8-7-19-42(41)43)45-22-13-26-50-55(45)46-21-9-10-24-48(46)58(50)49-25-11-12-28-54(49)62-56-47(23-14-27-51(56)58)57-60-52(39-15-3-1-4-16-39)35-53(61-57)40-17-5-2-6-18-40/h1-35H. The summed E-state index contributed by atoms with van der Waals surface area (Å²) in [5, 5.41) is 11.9. The first-order valence-electron chi connectivity index (χ1n) is 20.9. The molecule has 4 heteroatoms. The van der Waals surface area contributed by atoms with E-state index in [-0.39, 0.29) is 0 Å². The molecule has 0 radical (unpaired) electrons. The highest BCUT2D eigenvalue weighted by Gasteiger charge is 2.51.